The van der Waals surface area contributed by atoms with Crippen LogP contribution < -0.4 is 5.32 Å². The molecule has 30 heavy (non-hydrogen) atoms. The lowest BCUT2D eigenvalue weighted by atomic mass is 9.82. The Balaban J connectivity index is 1.45. The normalized spacial score (nSPS) is 29.7. The number of allylic oxidation sites excluding steroid dienone is 2. The zero-order chi connectivity index (χ0) is 20.8. The zero-order valence-corrected chi connectivity index (χ0v) is 17.9. The van der Waals surface area contributed by atoms with Crippen molar-refractivity contribution in [1.82, 2.24) is 4.90 Å². The van der Waals surface area contributed by atoms with Crippen LogP contribution in [0.3, 0.4) is 0 Å². The number of hydrogen-bond donors (Lipinski definition) is 2. The third-order valence-corrected chi connectivity index (χ3v) is 8.52. The Hall–Kier alpha value is -2.15. The van der Waals surface area contributed by atoms with Crippen LogP contribution >= 0.6 is 11.3 Å². The molecule has 0 unspecified atom stereocenters. The number of aliphatic carboxylic acids is 1. The van der Waals surface area contributed by atoms with Gasteiger partial charge >= 0.3 is 5.97 Å². The molecule has 4 aliphatic rings. The molecule has 7 heteroatoms. The maximum atomic E-state index is 13.4. The van der Waals surface area contributed by atoms with Crippen molar-refractivity contribution in [2.45, 2.75) is 51.4 Å². The number of rotatable bonds is 4. The van der Waals surface area contributed by atoms with E-state index in [0.29, 0.717) is 10.6 Å². The summed E-state index contributed by atoms with van der Waals surface area (Å²) in [7, 11) is 0. The number of fused-ring (bicyclic) bond motifs is 3. The van der Waals surface area contributed by atoms with Crippen molar-refractivity contribution in [2.24, 2.45) is 23.7 Å². The Bertz CT molecular complexity index is 915. The molecule has 0 aromatic carbocycles. The van der Waals surface area contributed by atoms with Crippen molar-refractivity contribution in [3.05, 3.63) is 28.2 Å². The summed E-state index contributed by atoms with van der Waals surface area (Å²) in [6, 6.07) is 0. The SMILES string of the molecule is O=C(O)[C@@H]1[C@@H](C(=O)Nc2sc3c(c2C(=O)N2CCCCC2)CCCC3)[C@H]2C=C[C@@H]1C2. The second-order valence-electron chi connectivity index (χ2n) is 9.10. The van der Waals surface area contributed by atoms with Gasteiger partial charge < -0.3 is 15.3 Å². The Morgan fingerprint density at radius 2 is 1.67 bits per heavy atom. The highest BCUT2D eigenvalue weighted by Crippen LogP contribution is 2.49. The Labute approximate surface area is 180 Å². The number of carboxylic acid groups (broad SMARTS) is 1. The zero-order valence-electron chi connectivity index (χ0n) is 17.1. The van der Waals surface area contributed by atoms with Crippen molar-refractivity contribution >= 4 is 34.1 Å². The van der Waals surface area contributed by atoms with Gasteiger partial charge in [0.05, 0.1) is 17.4 Å². The van der Waals surface area contributed by atoms with E-state index in [0.717, 1.165) is 70.0 Å². The minimum atomic E-state index is -0.901. The fourth-order valence-electron chi connectivity index (χ4n) is 5.85. The van der Waals surface area contributed by atoms with Crippen molar-refractivity contribution < 1.29 is 19.5 Å². The van der Waals surface area contributed by atoms with Crippen LogP contribution in [0.5, 0.6) is 0 Å². The second-order valence-corrected chi connectivity index (χ2v) is 10.2. The van der Waals surface area contributed by atoms with Crippen LogP contribution in [0, 0.1) is 23.7 Å². The van der Waals surface area contributed by atoms with Gasteiger partial charge in [0.15, 0.2) is 0 Å². The van der Waals surface area contributed by atoms with E-state index in [1.165, 1.54) is 16.2 Å². The van der Waals surface area contributed by atoms with E-state index in [4.69, 9.17) is 0 Å². The summed E-state index contributed by atoms with van der Waals surface area (Å²) in [5, 5.41) is 13.4. The van der Waals surface area contributed by atoms with Gasteiger partial charge in [-0.25, -0.2) is 0 Å². The van der Waals surface area contributed by atoms with Crippen LogP contribution in [0.25, 0.3) is 0 Å². The summed E-state index contributed by atoms with van der Waals surface area (Å²) in [5.41, 5.74) is 1.79. The number of carboxylic acids is 1. The number of anilines is 1. The Kier molecular flexibility index (Phi) is 5.17. The molecular formula is C23H28N2O4S. The first-order valence-corrected chi connectivity index (χ1v) is 12.0. The molecule has 6 nitrogen and oxygen atoms in total. The van der Waals surface area contributed by atoms with E-state index in [1.54, 1.807) is 0 Å². The summed E-state index contributed by atoms with van der Waals surface area (Å²) in [5.74, 6) is -2.42. The van der Waals surface area contributed by atoms with Gasteiger partial charge in [0.2, 0.25) is 5.91 Å². The quantitative estimate of drug-likeness (QED) is 0.716. The maximum absolute atomic E-state index is 13.4. The molecule has 2 bridgehead atoms. The third-order valence-electron chi connectivity index (χ3n) is 7.31. The number of aryl methyl sites for hydroxylation is 1. The predicted molar refractivity (Wildman–Crippen MR) is 115 cm³/mol. The molecule has 1 aliphatic heterocycles. The number of carbonyl (C=O) groups excluding carboxylic acids is 2. The molecule has 1 saturated heterocycles. The summed E-state index contributed by atoms with van der Waals surface area (Å²) in [6.07, 6.45) is 11.9. The van der Waals surface area contributed by atoms with Crippen molar-refractivity contribution in [3.8, 4) is 0 Å². The molecule has 4 atom stereocenters. The lowest BCUT2D eigenvalue weighted by Gasteiger charge is -2.28. The van der Waals surface area contributed by atoms with Crippen LogP contribution in [0.2, 0.25) is 0 Å². The van der Waals surface area contributed by atoms with Crippen LogP contribution in [0.1, 0.15) is 59.3 Å². The number of nitrogens with one attached hydrogen (secondary N) is 1. The fraction of sp³-hybridized carbons (Fsp3) is 0.609. The standard InChI is InChI=1S/C23H28N2O4S/c26-20(17-13-8-9-14(12-13)18(17)23(28)29)24-21-19(15-6-2-3-7-16(15)30-21)22(27)25-10-4-1-5-11-25/h8-9,13-14,17-18H,1-7,10-12H2,(H,24,26)(H,28,29)/t13-,14+,17-,18-/m0/s1. The van der Waals surface area contributed by atoms with Gasteiger partial charge in [0.25, 0.3) is 5.91 Å². The average Bonchev–Trinajstić information content (AvgIpc) is 3.46. The molecule has 1 saturated carbocycles. The molecule has 1 aromatic rings. The van der Waals surface area contributed by atoms with Crippen LogP contribution in [0.4, 0.5) is 5.00 Å². The monoisotopic (exact) mass is 428 g/mol. The Morgan fingerprint density at radius 1 is 0.967 bits per heavy atom. The number of piperidine rings is 1. The first-order chi connectivity index (χ1) is 14.5. The van der Waals surface area contributed by atoms with E-state index in [9.17, 15) is 19.5 Å². The predicted octanol–water partition coefficient (Wildman–Crippen LogP) is 3.71. The highest BCUT2D eigenvalue weighted by Gasteiger charge is 2.51. The molecule has 5 rings (SSSR count). The van der Waals surface area contributed by atoms with E-state index in [-0.39, 0.29) is 23.7 Å². The van der Waals surface area contributed by atoms with Crippen molar-refractivity contribution in [1.29, 1.82) is 0 Å². The number of thiophene rings is 1. The number of hydrogen-bond acceptors (Lipinski definition) is 4. The minimum absolute atomic E-state index is 0.0214. The summed E-state index contributed by atoms with van der Waals surface area (Å²) < 4.78 is 0. The van der Waals surface area contributed by atoms with Crippen LogP contribution in [-0.2, 0) is 22.4 Å². The fourth-order valence-corrected chi connectivity index (χ4v) is 7.13. The van der Waals surface area contributed by atoms with Gasteiger partial charge in [0, 0.05) is 18.0 Å². The van der Waals surface area contributed by atoms with Crippen molar-refractivity contribution in [3.63, 3.8) is 0 Å². The van der Waals surface area contributed by atoms with Gasteiger partial charge in [-0.2, -0.15) is 0 Å². The number of nitrogens with zero attached hydrogens (tertiary/aromatic N) is 1. The van der Waals surface area contributed by atoms with Crippen LogP contribution in [0.15, 0.2) is 12.2 Å². The highest BCUT2D eigenvalue weighted by molar-refractivity contribution is 7.17. The molecule has 2 fully saturated rings. The number of amides is 2. The molecule has 2 N–H and O–H groups in total. The van der Waals surface area contributed by atoms with Gasteiger partial charge in [-0.1, -0.05) is 12.2 Å². The maximum Gasteiger partial charge on any atom is 0.307 e. The lowest BCUT2D eigenvalue weighted by molar-refractivity contribution is -0.146. The first-order valence-electron chi connectivity index (χ1n) is 11.2. The van der Waals surface area contributed by atoms with Crippen molar-refractivity contribution in [2.75, 3.05) is 18.4 Å². The van der Waals surface area contributed by atoms with Crippen LogP contribution in [-0.4, -0.2) is 40.9 Å². The summed E-state index contributed by atoms with van der Waals surface area (Å²) >= 11 is 1.53. The molecule has 160 valence electrons. The molecule has 1 aromatic heterocycles. The molecule has 0 radical (unpaired) electrons. The molecule has 0 spiro atoms. The van der Waals surface area contributed by atoms with Gasteiger partial charge in [0.1, 0.15) is 5.00 Å². The molecule has 3 aliphatic carbocycles. The number of carbonyl (C=O) groups is 3. The molecule has 2 heterocycles. The van der Waals surface area contributed by atoms with E-state index in [1.807, 2.05) is 17.1 Å². The van der Waals surface area contributed by atoms with Gasteiger partial charge in [-0.05, 0) is 68.8 Å². The topological polar surface area (TPSA) is 86.7 Å². The summed E-state index contributed by atoms with van der Waals surface area (Å²) in [6.45, 7) is 1.55. The van der Waals surface area contributed by atoms with E-state index < -0.39 is 17.8 Å². The number of likely N-dealkylation sites (tertiary alicyclic amines) is 1. The van der Waals surface area contributed by atoms with E-state index >= 15 is 0 Å². The molecule has 2 amide bonds. The highest BCUT2D eigenvalue weighted by atomic mass is 32.1. The average molecular weight is 429 g/mol. The molecular weight excluding hydrogens is 400 g/mol. The minimum Gasteiger partial charge on any atom is -0.481 e. The van der Waals surface area contributed by atoms with Gasteiger partial charge in [-0.15, -0.1) is 11.3 Å². The first kappa shape index (κ1) is 19.8. The Morgan fingerprint density at radius 3 is 2.40 bits per heavy atom. The second kappa shape index (κ2) is 7.84. The smallest absolute Gasteiger partial charge is 0.307 e. The van der Waals surface area contributed by atoms with E-state index in [2.05, 4.69) is 5.32 Å². The summed E-state index contributed by atoms with van der Waals surface area (Å²) in [4.78, 5) is 41.7. The largest absolute Gasteiger partial charge is 0.481 e. The third kappa shape index (κ3) is 3.27. The van der Waals surface area contributed by atoms with Gasteiger partial charge in [-0.3, -0.25) is 14.4 Å². The lowest BCUT2D eigenvalue weighted by Crippen LogP contribution is -2.38.